The van der Waals surface area contributed by atoms with E-state index in [1.807, 2.05) is 95.7 Å². The Morgan fingerprint density at radius 3 is 2.47 bits per heavy atom. The van der Waals surface area contributed by atoms with Gasteiger partial charge in [0.15, 0.2) is 11.0 Å². The lowest BCUT2D eigenvalue weighted by Crippen LogP contribution is -2.15. The van der Waals surface area contributed by atoms with Crippen molar-refractivity contribution in [3.8, 4) is 16.4 Å². The van der Waals surface area contributed by atoms with Crippen molar-refractivity contribution >= 4 is 40.4 Å². The van der Waals surface area contributed by atoms with Crippen molar-refractivity contribution in [3.63, 3.8) is 0 Å². The Morgan fingerprint density at radius 1 is 1.03 bits per heavy atom. The van der Waals surface area contributed by atoms with Gasteiger partial charge in [0.25, 0.3) is 0 Å². The van der Waals surface area contributed by atoms with Gasteiger partial charge in [-0.1, -0.05) is 36.0 Å². The first-order valence-corrected chi connectivity index (χ1v) is 11.2. The van der Waals surface area contributed by atoms with Gasteiger partial charge in [-0.3, -0.25) is 9.36 Å². The van der Waals surface area contributed by atoms with E-state index in [9.17, 15) is 4.79 Å². The predicted molar refractivity (Wildman–Crippen MR) is 125 cm³/mol. The highest BCUT2D eigenvalue weighted by atomic mass is 32.2. The van der Waals surface area contributed by atoms with Gasteiger partial charge in [-0.15, -0.1) is 21.5 Å². The Balaban J connectivity index is 1.50. The van der Waals surface area contributed by atoms with E-state index in [0.29, 0.717) is 5.16 Å². The third-order valence-corrected chi connectivity index (χ3v) is 6.18. The van der Waals surface area contributed by atoms with Gasteiger partial charge in [0, 0.05) is 31.2 Å². The van der Waals surface area contributed by atoms with E-state index in [-0.39, 0.29) is 11.7 Å². The summed E-state index contributed by atoms with van der Waals surface area (Å²) in [6.07, 6.45) is 0. The lowest BCUT2D eigenvalue weighted by molar-refractivity contribution is -0.113. The zero-order valence-corrected chi connectivity index (χ0v) is 18.3. The van der Waals surface area contributed by atoms with Crippen LogP contribution in [0.5, 0.6) is 0 Å². The number of hydrogen-bond acceptors (Lipinski definition) is 6. The maximum atomic E-state index is 12.5. The quantitative estimate of drug-likeness (QED) is 0.423. The Bertz CT molecular complexity index is 1110. The molecule has 2 aromatic heterocycles. The highest BCUT2D eigenvalue weighted by molar-refractivity contribution is 7.99. The Labute approximate surface area is 183 Å². The second-order valence-corrected chi connectivity index (χ2v) is 8.62. The third kappa shape index (κ3) is 4.55. The fourth-order valence-electron chi connectivity index (χ4n) is 2.91. The molecule has 30 heavy (non-hydrogen) atoms. The van der Waals surface area contributed by atoms with Crippen molar-refractivity contribution in [1.29, 1.82) is 0 Å². The van der Waals surface area contributed by atoms with Gasteiger partial charge in [-0.2, -0.15) is 0 Å². The molecule has 152 valence electrons. The Kier molecular flexibility index (Phi) is 6.15. The minimum Gasteiger partial charge on any atom is -0.378 e. The Morgan fingerprint density at radius 2 is 1.80 bits per heavy atom. The molecule has 2 aromatic carbocycles. The number of para-hydroxylation sites is 1. The van der Waals surface area contributed by atoms with Crippen LogP contribution in [-0.4, -0.2) is 40.5 Å². The Hall–Kier alpha value is -3.10. The molecule has 0 saturated heterocycles. The molecule has 8 heteroatoms. The molecular weight excluding hydrogens is 414 g/mol. The lowest BCUT2D eigenvalue weighted by Gasteiger charge is -2.13. The fourth-order valence-corrected chi connectivity index (χ4v) is 4.36. The minimum absolute atomic E-state index is 0.0853. The van der Waals surface area contributed by atoms with E-state index in [1.54, 1.807) is 11.3 Å². The van der Waals surface area contributed by atoms with Crippen LogP contribution < -0.4 is 10.2 Å². The summed E-state index contributed by atoms with van der Waals surface area (Å²) in [4.78, 5) is 15.5. The van der Waals surface area contributed by atoms with E-state index in [0.717, 1.165) is 27.8 Å². The standard InChI is InChI=1S/C22H21N5OS2/c1-26(2)17-12-10-16(11-13-17)23-20(28)15-30-22-25-24-21(19-9-6-14-29-19)27(22)18-7-4-3-5-8-18/h3-14H,15H2,1-2H3,(H,23,28). The molecule has 0 unspecified atom stereocenters. The normalized spacial score (nSPS) is 10.7. The highest BCUT2D eigenvalue weighted by Crippen LogP contribution is 2.30. The van der Waals surface area contributed by atoms with Crippen molar-refractivity contribution in [2.24, 2.45) is 0 Å². The number of benzene rings is 2. The number of hydrogen-bond donors (Lipinski definition) is 1. The highest BCUT2D eigenvalue weighted by Gasteiger charge is 2.17. The van der Waals surface area contributed by atoms with Gasteiger partial charge in [-0.25, -0.2) is 0 Å². The number of carbonyl (C=O) groups is 1. The zero-order chi connectivity index (χ0) is 20.9. The number of nitrogens with zero attached hydrogens (tertiary/aromatic N) is 4. The topological polar surface area (TPSA) is 63.1 Å². The fraction of sp³-hybridized carbons (Fsp3) is 0.136. The van der Waals surface area contributed by atoms with Crippen LogP contribution in [0.4, 0.5) is 11.4 Å². The van der Waals surface area contributed by atoms with Gasteiger partial charge in [0.05, 0.1) is 10.6 Å². The van der Waals surface area contributed by atoms with Crippen LogP contribution in [0.25, 0.3) is 16.4 Å². The molecule has 0 saturated carbocycles. The number of rotatable bonds is 7. The number of anilines is 2. The smallest absolute Gasteiger partial charge is 0.234 e. The molecule has 0 aliphatic rings. The van der Waals surface area contributed by atoms with Crippen LogP contribution in [0, 0.1) is 0 Å². The predicted octanol–water partition coefficient (Wildman–Crippen LogP) is 4.79. The molecule has 0 radical (unpaired) electrons. The van der Waals surface area contributed by atoms with Crippen molar-refractivity contribution in [2.45, 2.75) is 5.16 Å². The largest absolute Gasteiger partial charge is 0.378 e. The molecule has 0 aliphatic carbocycles. The first kappa shape index (κ1) is 20.2. The van der Waals surface area contributed by atoms with E-state index in [2.05, 4.69) is 15.5 Å². The number of thiophene rings is 1. The molecule has 4 rings (SSSR count). The van der Waals surface area contributed by atoms with Crippen LogP contribution in [0.1, 0.15) is 0 Å². The number of nitrogens with one attached hydrogen (secondary N) is 1. The van der Waals surface area contributed by atoms with E-state index in [1.165, 1.54) is 11.8 Å². The molecule has 0 fully saturated rings. The van der Waals surface area contributed by atoms with Crippen LogP contribution in [0.2, 0.25) is 0 Å². The van der Waals surface area contributed by atoms with Crippen LogP contribution in [0.3, 0.4) is 0 Å². The maximum absolute atomic E-state index is 12.5. The summed E-state index contributed by atoms with van der Waals surface area (Å²) in [5, 5.41) is 14.4. The summed E-state index contributed by atoms with van der Waals surface area (Å²) < 4.78 is 2.00. The molecule has 6 nitrogen and oxygen atoms in total. The van der Waals surface area contributed by atoms with Crippen molar-refractivity contribution in [3.05, 3.63) is 72.1 Å². The maximum Gasteiger partial charge on any atom is 0.234 e. The molecule has 0 aliphatic heterocycles. The van der Waals surface area contributed by atoms with Crippen molar-refractivity contribution in [1.82, 2.24) is 14.8 Å². The third-order valence-electron chi connectivity index (χ3n) is 4.39. The summed E-state index contributed by atoms with van der Waals surface area (Å²) in [6.45, 7) is 0. The molecular formula is C22H21N5OS2. The van der Waals surface area contributed by atoms with Crippen LogP contribution in [-0.2, 0) is 4.79 Å². The van der Waals surface area contributed by atoms with Gasteiger partial charge in [0.2, 0.25) is 5.91 Å². The number of thioether (sulfide) groups is 1. The summed E-state index contributed by atoms with van der Waals surface area (Å²) >= 11 is 2.98. The average molecular weight is 436 g/mol. The summed E-state index contributed by atoms with van der Waals surface area (Å²) in [6, 6.07) is 21.7. The number of carbonyl (C=O) groups excluding carboxylic acids is 1. The molecule has 0 bridgehead atoms. The lowest BCUT2D eigenvalue weighted by atomic mass is 10.2. The molecule has 1 N–H and O–H groups in total. The first-order chi connectivity index (χ1) is 14.6. The van der Waals surface area contributed by atoms with Gasteiger partial charge < -0.3 is 10.2 Å². The van der Waals surface area contributed by atoms with Gasteiger partial charge >= 0.3 is 0 Å². The molecule has 0 atom stereocenters. The summed E-state index contributed by atoms with van der Waals surface area (Å²) in [5.74, 6) is 0.932. The summed E-state index contributed by atoms with van der Waals surface area (Å²) in [7, 11) is 3.97. The van der Waals surface area contributed by atoms with E-state index >= 15 is 0 Å². The molecule has 0 spiro atoms. The van der Waals surface area contributed by atoms with E-state index < -0.39 is 0 Å². The molecule has 1 amide bonds. The van der Waals surface area contributed by atoms with Gasteiger partial charge in [0.1, 0.15) is 0 Å². The first-order valence-electron chi connectivity index (χ1n) is 9.36. The summed E-state index contributed by atoms with van der Waals surface area (Å²) in [5.41, 5.74) is 2.82. The second-order valence-electron chi connectivity index (χ2n) is 6.73. The SMILES string of the molecule is CN(C)c1ccc(NC(=O)CSc2nnc(-c3cccs3)n2-c2ccccc2)cc1. The molecule has 4 aromatic rings. The molecule has 2 heterocycles. The second kappa shape index (κ2) is 9.15. The zero-order valence-electron chi connectivity index (χ0n) is 16.6. The van der Waals surface area contributed by atoms with Crippen LogP contribution >= 0.6 is 23.1 Å². The van der Waals surface area contributed by atoms with Crippen LogP contribution in [0.15, 0.2) is 77.3 Å². The minimum atomic E-state index is -0.0853. The average Bonchev–Trinajstić information content (AvgIpc) is 3.43. The van der Waals surface area contributed by atoms with Crippen molar-refractivity contribution in [2.75, 3.05) is 30.1 Å². The van der Waals surface area contributed by atoms with E-state index in [4.69, 9.17) is 0 Å². The van der Waals surface area contributed by atoms with Crippen molar-refractivity contribution < 1.29 is 4.79 Å². The monoisotopic (exact) mass is 435 g/mol. The van der Waals surface area contributed by atoms with Gasteiger partial charge in [-0.05, 0) is 47.8 Å². The number of amides is 1. The number of aromatic nitrogens is 3.